The first-order valence-electron chi connectivity index (χ1n) is 8.45. The number of carbonyl (C=O) groups is 2. The van der Waals surface area contributed by atoms with Crippen molar-refractivity contribution in [2.45, 2.75) is 51.6 Å². The molecule has 4 nitrogen and oxygen atoms in total. The average Bonchev–Trinajstić information content (AvgIpc) is 2.57. The van der Waals surface area contributed by atoms with E-state index in [0.29, 0.717) is 6.61 Å². The highest BCUT2D eigenvalue weighted by molar-refractivity contribution is 5.94. The molecule has 0 atom stereocenters. The van der Waals surface area contributed by atoms with Gasteiger partial charge in [-0.3, -0.25) is 9.59 Å². The number of hydrogen-bond donors (Lipinski definition) is 1. The Morgan fingerprint density at radius 1 is 1.12 bits per heavy atom. The van der Waals surface area contributed by atoms with E-state index < -0.39 is 23.6 Å². The Morgan fingerprint density at radius 3 is 2.52 bits per heavy atom. The van der Waals surface area contributed by atoms with Crippen LogP contribution >= 0.6 is 0 Å². The van der Waals surface area contributed by atoms with Crippen LogP contribution in [0.3, 0.4) is 0 Å². The number of alkyl halides is 3. The van der Waals surface area contributed by atoms with Gasteiger partial charge in [-0.15, -0.1) is 0 Å². The number of benzene rings is 1. The van der Waals surface area contributed by atoms with Crippen molar-refractivity contribution in [1.29, 1.82) is 0 Å². The van der Waals surface area contributed by atoms with Crippen LogP contribution in [0.1, 0.15) is 61.4 Å². The summed E-state index contributed by atoms with van der Waals surface area (Å²) in [5.74, 6) is -1.08. The molecule has 0 bridgehead atoms. The molecular formula is C18H24F3NO3. The molecule has 1 aromatic carbocycles. The molecule has 0 saturated heterocycles. The van der Waals surface area contributed by atoms with Crippen LogP contribution in [0.15, 0.2) is 24.3 Å². The molecule has 1 amide bonds. The molecule has 0 radical (unpaired) electrons. The number of unbranched alkanes of at least 4 members (excludes halogenated alkanes) is 4. The fourth-order valence-electron chi connectivity index (χ4n) is 2.18. The van der Waals surface area contributed by atoms with Crippen LogP contribution in [0.5, 0.6) is 0 Å². The zero-order chi connectivity index (χ0) is 18.7. The summed E-state index contributed by atoms with van der Waals surface area (Å²) >= 11 is 0. The molecule has 0 aromatic heterocycles. The maximum absolute atomic E-state index is 12.6. The van der Waals surface area contributed by atoms with E-state index in [0.717, 1.165) is 44.2 Å². The second-order valence-electron chi connectivity index (χ2n) is 5.72. The Hall–Kier alpha value is -2.05. The van der Waals surface area contributed by atoms with E-state index in [1.807, 2.05) is 0 Å². The van der Waals surface area contributed by atoms with Gasteiger partial charge in [-0.25, -0.2) is 0 Å². The highest BCUT2D eigenvalue weighted by Gasteiger charge is 2.30. The lowest BCUT2D eigenvalue weighted by Crippen LogP contribution is -2.27. The largest absolute Gasteiger partial charge is 0.466 e. The van der Waals surface area contributed by atoms with Crippen LogP contribution in [-0.2, 0) is 15.7 Å². The lowest BCUT2D eigenvalue weighted by molar-refractivity contribution is -0.143. The van der Waals surface area contributed by atoms with E-state index in [-0.39, 0.29) is 18.5 Å². The number of hydrogen-bond acceptors (Lipinski definition) is 3. The zero-order valence-electron chi connectivity index (χ0n) is 14.3. The molecular weight excluding hydrogens is 335 g/mol. The monoisotopic (exact) mass is 359 g/mol. The second-order valence-corrected chi connectivity index (χ2v) is 5.72. The van der Waals surface area contributed by atoms with Crippen LogP contribution in [0.25, 0.3) is 0 Å². The molecule has 1 rings (SSSR count). The third-order valence-corrected chi connectivity index (χ3v) is 3.58. The predicted molar refractivity (Wildman–Crippen MR) is 88.1 cm³/mol. The van der Waals surface area contributed by atoms with Crippen molar-refractivity contribution in [3.05, 3.63) is 35.4 Å². The quantitative estimate of drug-likeness (QED) is 0.499. The summed E-state index contributed by atoms with van der Waals surface area (Å²) in [5, 5.41) is 2.42. The van der Waals surface area contributed by atoms with Gasteiger partial charge in [0.05, 0.1) is 18.6 Å². The number of ether oxygens (including phenoxy) is 1. The van der Waals surface area contributed by atoms with Crippen molar-refractivity contribution in [2.24, 2.45) is 0 Å². The van der Waals surface area contributed by atoms with Gasteiger partial charge in [0.15, 0.2) is 0 Å². The number of rotatable bonds is 10. The summed E-state index contributed by atoms with van der Waals surface area (Å²) in [4.78, 5) is 23.3. The number of carbonyl (C=O) groups excluding carboxylic acids is 2. The molecule has 0 aliphatic heterocycles. The molecule has 140 valence electrons. The lowest BCUT2D eigenvalue weighted by Gasteiger charge is -2.09. The van der Waals surface area contributed by atoms with Gasteiger partial charge in [-0.2, -0.15) is 13.2 Å². The Labute approximate surface area is 145 Å². The summed E-state index contributed by atoms with van der Waals surface area (Å²) in [6, 6.07) is 4.14. The summed E-state index contributed by atoms with van der Waals surface area (Å²) in [6.07, 6.45) is 0.717. The van der Waals surface area contributed by atoms with E-state index in [9.17, 15) is 22.8 Å². The number of nitrogens with one attached hydrogen (secondary N) is 1. The summed E-state index contributed by atoms with van der Waals surface area (Å²) < 4.78 is 42.9. The zero-order valence-corrected chi connectivity index (χ0v) is 14.3. The van der Waals surface area contributed by atoms with Gasteiger partial charge in [-0.05, 0) is 24.6 Å². The van der Waals surface area contributed by atoms with E-state index in [2.05, 4.69) is 12.2 Å². The minimum atomic E-state index is -4.50. The Kier molecular flexibility index (Phi) is 9.02. The summed E-state index contributed by atoms with van der Waals surface area (Å²) in [6.45, 7) is 2.49. The molecule has 25 heavy (non-hydrogen) atoms. The van der Waals surface area contributed by atoms with Gasteiger partial charge in [0.1, 0.15) is 0 Å². The fourth-order valence-corrected chi connectivity index (χ4v) is 2.18. The number of halogens is 3. The molecule has 0 heterocycles. The molecule has 0 aliphatic carbocycles. The average molecular weight is 359 g/mol. The normalized spacial score (nSPS) is 11.2. The molecule has 7 heteroatoms. The molecule has 0 unspecified atom stereocenters. The fraction of sp³-hybridized carbons (Fsp3) is 0.556. The van der Waals surface area contributed by atoms with E-state index in [1.54, 1.807) is 0 Å². The van der Waals surface area contributed by atoms with Crippen molar-refractivity contribution in [1.82, 2.24) is 5.32 Å². The first kappa shape index (κ1) is 21.0. The van der Waals surface area contributed by atoms with Crippen molar-refractivity contribution in [3.63, 3.8) is 0 Å². The van der Waals surface area contributed by atoms with Crippen molar-refractivity contribution in [3.8, 4) is 0 Å². The van der Waals surface area contributed by atoms with E-state index >= 15 is 0 Å². The molecule has 0 spiro atoms. The Bertz CT molecular complexity index is 559. The topological polar surface area (TPSA) is 55.4 Å². The van der Waals surface area contributed by atoms with Crippen LogP contribution in [0.2, 0.25) is 0 Å². The van der Waals surface area contributed by atoms with Gasteiger partial charge in [0.25, 0.3) is 5.91 Å². The molecule has 0 fully saturated rings. The third kappa shape index (κ3) is 8.56. The SMILES string of the molecule is CCCCCCCOC(=O)CCNC(=O)c1cccc(C(F)(F)F)c1. The van der Waals surface area contributed by atoms with Gasteiger partial charge < -0.3 is 10.1 Å². The van der Waals surface area contributed by atoms with Crippen molar-refractivity contribution < 1.29 is 27.5 Å². The van der Waals surface area contributed by atoms with Crippen LogP contribution in [0, 0.1) is 0 Å². The number of amides is 1. The van der Waals surface area contributed by atoms with Gasteiger partial charge in [0.2, 0.25) is 0 Å². The highest BCUT2D eigenvalue weighted by atomic mass is 19.4. The van der Waals surface area contributed by atoms with Crippen LogP contribution in [0.4, 0.5) is 13.2 Å². The Morgan fingerprint density at radius 2 is 1.84 bits per heavy atom. The van der Waals surface area contributed by atoms with Crippen LogP contribution < -0.4 is 5.32 Å². The Balaban J connectivity index is 2.27. The summed E-state index contributed by atoms with van der Waals surface area (Å²) in [5.41, 5.74) is -0.984. The standard InChI is InChI=1S/C18H24F3NO3/c1-2-3-4-5-6-12-25-16(23)10-11-22-17(24)14-8-7-9-15(13-14)18(19,20)21/h7-9,13H,2-6,10-12H2,1H3,(H,22,24). The van der Waals surface area contributed by atoms with Gasteiger partial charge in [-0.1, -0.05) is 38.7 Å². The molecule has 1 aromatic rings. The third-order valence-electron chi connectivity index (χ3n) is 3.58. The predicted octanol–water partition coefficient (Wildman–Crippen LogP) is 4.34. The first-order chi connectivity index (χ1) is 11.8. The van der Waals surface area contributed by atoms with Gasteiger partial charge >= 0.3 is 12.1 Å². The summed E-state index contributed by atoms with van der Waals surface area (Å²) in [7, 11) is 0. The molecule has 1 N–H and O–H groups in total. The van der Waals surface area contributed by atoms with E-state index in [4.69, 9.17) is 4.74 Å². The first-order valence-corrected chi connectivity index (χ1v) is 8.45. The maximum Gasteiger partial charge on any atom is 0.416 e. The lowest BCUT2D eigenvalue weighted by atomic mass is 10.1. The molecule has 0 aliphatic rings. The van der Waals surface area contributed by atoms with Crippen molar-refractivity contribution in [2.75, 3.05) is 13.2 Å². The van der Waals surface area contributed by atoms with Gasteiger partial charge in [0, 0.05) is 12.1 Å². The van der Waals surface area contributed by atoms with Crippen LogP contribution in [-0.4, -0.2) is 25.0 Å². The van der Waals surface area contributed by atoms with E-state index in [1.165, 1.54) is 12.1 Å². The smallest absolute Gasteiger partial charge is 0.416 e. The van der Waals surface area contributed by atoms with Crippen molar-refractivity contribution >= 4 is 11.9 Å². The highest BCUT2D eigenvalue weighted by Crippen LogP contribution is 2.29. The minimum Gasteiger partial charge on any atom is -0.466 e. The minimum absolute atomic E-state index is 0.0142. The molecule has 0 saturated carbocycles. The second kappa shape index (κ2) is 10.7. The maximum atomic E-state index is 12.6. The number of esters is 1.